The number of nitrogens with two attached hydrogens (primary N) is 1. The van der Waals surface area contributed by atoms with Crippen molar-refractivity contribution in [2.24, 2.45) is 5.73 Å². The summed E-state index contributed by atoms with van der Waals surface area (Å²) in [7, 11) is 0. The van der Waals surface area contributed by atoms with Gasteiger partial charge in [0, 0.05) is 17.3 Å². The summed E-state index contributed by atoms with van der Waals surface area (Å²) >= 11 is 0. The number of carbonyl (C=O) groups excluding carboxylic acids is 1. The Balaban J connectivity index is 2.36. The molecule has 4 heteroatoms. The molecule has 4 nitrogen and oxygen atoms in total. The van der Waals surface area contributed by atoms with Crippen molar-refractivity contribution in [3.05, 3.63) is 48.3 Å². The number of benzene rings is 1. The zero-order valence-electron chi connectivity index (χ0n) is 11.0. The Hall–Kier alpha value is -2.36. The van der Waals surface area contributed by atoms with Gasteiger partial charge in [0.05, 0.1) is 12.3 Å². The SMILES string of the molecule is CC(C)Oc1cncc(-c2cccc(C(N)=O)c2)c1. The van der Waals surface area contributed by atoms with Crippen LogP contribution in [0.2, 0.25) is 0 Å². The molecular weight excluding hydrogens is 240 g/mol. The number of nitrogens with zero attached hydrogens (tertiary/aromatic N) is 1. The molecule has 0 fully saturated rings. The molecular formula is C15H16N2O2. The lowest BCUT2D eigenvalue weighted by atomic mass is 10.0. The monoisotopic (exact) mass is 256 g/mol. The summed E-state index contributed by atoms with van der Waals surface area (Å²) < 4.78 is 5.60. The van der Waals surface area contributed by atoms with Crippen LogP contribution in [-0.4, -0.2) is 17.0 Å². The van der Waals surface area contributed by atoms with Crippen LogP contribution in [0.1, 0.15) is 24.2 Å². The van der Waals surface area contributed by atoms with Gasteiger partial charge in [0.2, 0.25) is 5.91 Å². The highest BCUT2D eigenvalue weighted by atomic mass is 16.5. The van der Waals surface area contributed by atoms with Gasteiger partial charge in [-0.1, -0.05) is 12.1 Å². The summed E-state index contributed by atoms with van der Waals surface area (Å²) in [5, 5.41) is 0. The number of ether oxygens (including phenoxy) is 1. The fraction of sp³-hybridized carbons (Fsp3) is 0.200. The quantitative estimate of drug-likeness (QED) is 0.914. The molecule has 0 unspecified atom stereocenters. The average Bonchev–Trinajstić information content (AvgIpc) is 2.38. The molecule has 19 heavy (non-hydrogen) atoms. The first kappa shape index (κ1) is 13.1. The van der Waals surface area contributed by atoms with Gasteiger partial charge in [-0.3, -0.25) is 9.78 Å². The second kappa shape index (κ2) is 5.52. The smallest absolute Gasteiger partial charge is 0.248 e. The van der Waals surface area contributed by atoms with Crippen LogP contribution in [0.15, 0.2) is 42.7 Å². The molecule has 0 spiro atoms. The van der Waals surface area contributed by atoms with E-state index in [-0.39, 0.29) is 6.10 Å². The highest BCUT2D eigenvalue weighted by molar-refractivity contribution is 5.94. The Morgan fingerprint density at radius 3 is 2.68 bits per heavy atom. The topological polar surface area (TPSA) is 65.2 Å². The zero-order chi connectivity index (χ0) is 13.8. The predicted octanol–water partition coefficient (Wildman–Crippen LogP) is 2.63. The summed E-state index contributed by atoms with van der Waals surface area (Å²) in [4.78, 5) is 15.3. The van der Waals surface area contributed by atoms with Crippen molar-refractivity contribution >= 4 is 5.91 Å². The number of hydrogen-bond acceptors (Lipinski definition) is 3. The third kappa shape index (κ3) is 3.31. The van der Waals surface area contributed by atoms with Gasteiger partial charge in [-0.2, -0.15) is 0 Å². The Morgan fingerprint density at radius 1 is 1.21 bits per heavy atom. The van der Waals surface area contributed by atoms with Gasteiger partial charge in [-0.05, 0) is 37.6 Å². The Morgan fingerprint density at radius 2 is 2.00 bits per heavy atom. The van der Waals surface area contributed by atoms with E-state index in [4.69, 9.17) is 10.5 Å². The number of aromatic nitrogens is 1. The summed E-state index contributed by atoms with van der Waals surface area (Å²) in [5.41, 5.74) is 7.53. The molecule has 1 heterocycles. The van der Waals surface area contributed by atoms with Gasteiger partial charge in [0.1, 0.15) is 5.75 Å². The maximum atomic E-state index is 11.2. The molecule has 0 bridgehead atoms. The number of hydrogen-bond donors (Lipinski definition) is 1. The van der Waals surface area contributed by atoms with Crippen LogP contribution in [0.25, 0.3) is 11.1 Å². The van der Waals surface area contributed by atoms with Crippen LogP contribution in [0, 0.1) is 0 Å². The molecule has 0 atom stereocenters. The molecule has 0 aliphatic rings. The van der Waals surface area contributed by atoms with Crippen molar-refractivity contribution in [2.75, 3.05) is 0 Å². The predicted molar refractivity (Wildman–Crippen MR) is 74.0 cm³/mol. The highest BCUT2D eigenvalue weighted by Gasteiger charge is 2.05. The summed E-state index contributed by atoms with van der Waals surface area (Å²) in [6.45, 7) is 3.92. The fourth-order valence-corrected chi connectivity index (χ4v) is 1.77. The van der Waals surface area contributed by atoms with E-state index in [1.54, 1.807) is 30.6 Å². The summed E-state index contributed by atoms with van der Waals surface area (Å²) in [6, 6.07) is 9.04. The van der Waals surface area contributed by atoms with Crippen molar-refractivity contribution < 1.29 is 9.53 Å². The van der Waals surface area contributed by atoms with E-state index in [1.165, 1.54) is 0 Å². The lowest BCUT2D eigenvalue weighted by Crippen LogP contribution is -2.10. The van der Waals surface area contributed by atoms with E-state index in [0.717, 1.165) is 11.1 Å². The molecule has 1 aromatic heterocycles. The zero-order valence-corrected chi connectivity index (χ0v) is 11.0. The maximum Gasteiger partial charge on any atom is 0.248 e. The van der Waals surface area contributed by atoms with Crippen LogP contribution < -0.4 is 10.5 Å². The first-order valence-corrected chi connectivity index (χ1v) is 6.08. The van der Waals surface area contributed by atoms with E-state index in [1.807, 2.05) is 26.0 Å². The summed E-state index contributed by atoms with van der Waals surface area (Å²) in [6.07, 6.45) is 3.49. The Bertz CT molecular complexity index is 594. The van der Waals surface area contributed by atoms with Crippen LogP contribution >= 0.6 is 0 Å². The molecule has 2 aromatic rings. The van der Waals surface area contributed by atoms with Gasteiger partial charge in [0.25, 0.3) is 0 Å². The van der Waals surface area contributed by atoms with E-state index in [9.17, 15) is 4.79 Å². The van der Waals surface area contributed by atoms with Crippen molar-refractivity contribution in [3.63, 3.8) is 0 Å². The lowest BCUT2D eigenvalue weighted by Gasteiger charge is -2.10. The maximum absolute atomic E-state index is 11.2. The van der Waals surface area contributed by atoms with E-state index in [0.29, 0.717) is 11.3 Å². The third-order valence-corrected chi connectivity index (χ3v) is 2.57. The molecule has 98 valence electrons. The minimum absolute atomic E-state index is 0.0917. The van der Waals surface area contributed by atoms with Crippen molar-refractivity contribution in [3.8, 4) is 16.9 Å². The molecule has 0 aliphatic carbocycles. The lowest BCUT2D eigenvalue weighted by molar-refractivity contribution is 0.100. The molecule has 0 radical (unpaired) electrons. The largest absolute Gasteiger partial charge is 0.489 e. The van der Waals surface area contributed by atoms with Crippen molar-refractivity contribution in [2.45, 2.75) is 20.0 Å². The van der Waals surface area contributed by atoms with Crippen LogP contribution in [0.4, 0.5) is 0 Å². The van der Waals surface area contributed by atoms with Gasteiger partial charge in [0.15, 0.2) is 0 Å². The molecule has 0 saturated carbocycles. The van der Waals surface area contributed by atoms with Crippen molar-refractivity contribution in [1.29, 1.82) is 0 Å². The average molecular weight is 256 g/mol. The first-order chi connectivity index (χ1) is 9.06. The molecule has 1 amide bonds. The van der Waals surface area contributed by atoms with Crippen LogP contribution in [0.3, 0.4) is 0 Å². The molecule has 0 aliphatic heterocycles. The van der Waals surface area contributed by atoms with E-state index < -0.39 is 5.91 Å². The van der Waals surface area contributed by atoms with Gasteiger partial charge in [-0.15, -0.1) is 0 Å². The van der Waals surface area contributed by atoms with Crippen molar-refractivity contribution in [1.82, 2.24) is 4.98 Å². The summed E-state index contributed by atoms with van der Waals surface area (Å²) in [5.74, 6) is 0.265. The standard InChI is InChI=1S/C15H16N2O2/c1-10(2)19-14-7-13(8-17-9-14)11-4-3-5-12(6-11)15(16)18/h3-10H,1-2H3,(H2,16,18). The van der Waals surface area contributed by atoms with E-state index >= 15 is 0 Å². The minimum Gasteiger partial charge on any atom is -0.489 e. The number of pyridine rings is 1. The van der Waals surface area contributed by atoms with Crippen LogP contribution in [0.5, 0.6) is 5.75 Å². The highest BCUT2D eigenvalue weighted by Crippen LogP contribution is 2.23. The van der Waals surface area contributed by atoms with E-state index in [2.05, 4.69) is 4.98 Å². The Labute approximate surface area is 112 Å². The van der Waals surface area contributed by atoms with Gasteiger partial charge < -0.3 is 10.5 Å². The second-order valence-electron chi connectivity index (χ2n) is 4.52. The Kier molecular flexibility index (Phi) is 3.80. The molecule has 2 N–H and O–H groups in total. The fourth-order valence-electron chi connectivity index (χ4n) is 1.77. The molecule has 1 aromatic carbocycles. The minimum atomic E-state index is -0.440. The number of carbonyl (C=O) groups is 1. The molecule has 0 saturated heterocycles. The third-order valence-electron chi connectivity index (χ3n) is 2.57. The van der Waals surface area contributed by atoms with Crippen LogP contribution in [-0.2, 0) is 0 Å². The van der Waals surface area contributed by atoms with Gasteiger partial charge in [-0.25, -0.2) is 0 Å². The van der Waals surface area contributed by atoms with Gasteiger partial charge >= 0.3 is 0 Å². The number of primary amides is 1. The molecule has 2 rings (SSSR count). The normalized spacial score (nSPS) is 10.5. The number of rotatable bonds is 4. The second-order valence-corrected chi connectivity index (χ2v) is 4.52. The first-order valence-electron chi connectivity index (χ1n) is 6.08. The number of amides is 1.